The van der Waals surface area contributed by atoms with Crippen molar-refractivity contribution in [2.45, 2.75) is 83.7 Å². The number of aliphatic hydroxyl groups excluding tert-OH is 2. The second kappa shape index (κ2) is 6.73. The molecule has 0 spiro atoms. The number of ketones is 1. The number of Topliss-reactive ketones (excluding diaryl/α,β-unsaturated/α-hetero) is 1. The molecule has 32 heavy (non-hydrogen) atoms. The highest BCUT2D eigenvalue weighted by Gasteiger charge is 2.75. The van der Waals surface area contributed by atoms with Crippen LogP contribution in [0.25, 0.3) is 6.08 Å². The summed E-state index contributed by atoms with van der Waals surface area (Å²) >= 11 is 0. The SMILES string of the molecule is CCn1ncc2c1C=C1CC[C@H]3[C@@H]4C[C@@H](C)[C@](O)(C(=O)CO)[C@@]4(C)C[C@H](O)[C@]3(F)[C@@]1(C)C2. The summed E-state index contributed by atoms with van der Waals surface area (Å²) in [5, 5.41) is 37.1. The van der Waals surface area contributed by atoms with Crippen molar-refractivity contribution in [3.63, 3.8) is 0 Å². The molecule has 3 saturated carbocycles. The molecule has 0 saturated heterocycles. The van der Waals surface area contributed by atoms with Crippen LogP contribution in [0, 0.1) is 28.6 Å². The van der Waals surface area contributed by atoms with E-state index in [1.807, 2.05) is 38.6 Å². The lowest BCUT2D eigenvalue weighted by Crippen LogP contribution is -2.70. The first-order valence-corrected chi connectivity index (χ1v) is 12.0. The van der Waals surface area contributed by atoms with Crippen LogP contribution in [0.5, 0.6) is 0 Å². The van der Waals surface area contributed by atoms with E-state index in [0.717, 1.165) is 29.8 Å². The number of fused-ring (bicyclic) bond motifs is 6. The molecule has 0 amide bonds. The van der Waals surface area contributed by atoms with E-state index < -0.39 is 52.4 Å². The monoisotopic (exact) mass is 446 g/mol. The zero-order chi connectivity index (χ0) is 23.3. The minimum absolute atomic E-state index is 0.00119. The van der Waals surface area contributed by atoms with Crippen molar-refractivity contribution < 1.29 is 24.5 Å². The van der Waals surface area contributed by atoms with E-state index >= 15 is 4.39 Å². The summed E-state index contributed by atoms with van der Waals surface area (Å²) in [7, 11) is 0. The van der Waals surface area contributed by atoms with Crippen molar-refractivity contribution in [3.8, 4) is 0 Å². The number of carbonyl (C=O) groups is 1. The third-order valence-electron chi connectivity index (χ3n) is 10.1. The predicted molar refractivity (Wildman–Crippen MR) is 117 cm³/mol. The molecule has 0 bridgehead atoms. The van der Waals surface area contributed by atoms with Crippen molar-refractivity contribution in [3.05, 3.63) is 23.0 Å². The van der Waals surface area contributed by atoms with Crippen molar-refractivity contribution in [2.75, 3.05) is 6.61 Å². The van der Waals surface area contributed by atoms with Crippen LogP contribution in [-0.2, 0) is 17.8 Å². The van der Waals surface area contributed by atoms with Gasteiger partial charge in [0.25, 0.3) is 0 Å². The van der Waals surface area contributed by atoms with Gasteiger partial charge in [0.1, 0.15) is 17.9 Å². The van der Waals surface area contributed by atoms with E-state index in [2.05, 4.69) is 11.2 Å². The van der Waals surface area contributed by atoms with E-state index in [0.29, 0.717) is 19.3 Å². The highest BCUT2D eigenvalue weighted by molar-refractivity contribution is 5.90. The van der Waals surface area contributed by atoms with Crippen LogP contribution in [0.2, 0.25) is 0 Å². The third kappa shape index (κ3) is 2.30. The van der Waals surface area contributed by atoms with Crippen molar-refractivity contribution >= 4 is 11.9 Å². The van der Waals surface area contributed by atoms with E-state index in [1.165, 1.54) is 0 Å². The highest BCUT2D eigenvalue weighted by atomic mass is 19.1. The number of aromatic nitrogens is 2. The van der Waals surface area contributed by atoms with Gasteiger partial charge in [-0.25, -0.2) is 4.39 Å². The number of aliphatic hydroxyl groups is 3. The molecule has 5 rings (SSSR count). The van der Waals surface area contributed by atoms with Crippen LogP contribution in [0.15, 0.2) is 11.8 Å². The van der Waals surface area contributed by atoms with E-state index in [1.54, 1.807) is 0 Å². The molecular weight excluding hydrogens is 411 g/mol. The number of hydrogen-bond acceptors (Lipinski definition) is 5. The fourth-order valence-electron chi connectivity index (χ4n) is 8.41. The predicted octanol–water partition coefficient (Wildman–Crippen LogP) is 2.69. The normalized spacial score (nSPS) is 47.2. The topological polar surface area (TPSA) is 95.6 Å². The van der Waals surface area contributed by atoms with Gasteiger partial charge in [-0.15, -0.1) is 0 Å². The number of carbonyl (C=O) groups excluding carboxylic acids is 1. The van der Waals surface area contributed by atoms with Crippen LogP contribution < -0.4 is 0 Å². The number of alkyl halides is 1. The third-order valence-corrected chi connectivity index (χ3v) is 10.1. The minimum Gasteiger partial charge on any atom is -0.390 e. The number of nitrogens with zero attached hydrogens (tertiary/aromatic N) is 2. The Morgan fingerprint density at radius 3 is 2.72 bits per heavy atom. The minimum atomic E-state index is -1.86. The van der Waals surface area contributed by atoms with Gasteiger partial charge >= 0.3 is 0 Å². The molecule has 1 heterocycles. The van der Waals surface area contributed by atoms with Crippen LogP contribution in [0.3, 0.4) is 0 Å². The second-order valence-corrected chi connectivity index (χ2v) is 11.2. The quantitative estimate of drug-likeness (QED) is 0.664. The molecule has 1 aromatic rings. The summed E-state index contributed by atoms with van der Waals surface area (Å²) in [4.78, 5) is 12.7. The largest absolute Gasteiger partial charge is 0.390 e. The maximum atomic E-state index is 17.5. The summed E-state index contributed by atoms with van der Waals surface area (Å²) in [5.41, 5.74) is -2.40. The van der Waals surface area contributed by atoms with Crippen LogP contribution in [0.1, 0.15) is 64.6 Å². The summed E-state index contributed by atoms with van der Waals surface area (Å²) in [6.45, 7) is 7.60. The van der Waals surface area contributed by atoms with Crippen LogP contribution >= 0.6 is 0 Å². The molecule has 7 heteroatoms. The average Bonchev–Trinajstić information content (AvgIpc) is 3.24. The maximum Gasteiger partial charge on any atom is 0.190 e. The highest BCUT2D eigenvalue weighted by Crippen LogP contribution is 2.71. The zero-order valence-corrected chi connectivity index (χ0v) is 19.4. The van der Waals surface area contributed by atoms with Gasteiger partial charge in [-0.05, 0) is 62.5 Å². The fourth-order valence-corrected chi connectivity index (χ4v) is 8.41. The van der Waals surface area contributed by atoms with Gasteiger partial charge in [0.05, 0.1) is 18.0 Å². The van der Waals surface area contributed by atoms with Crippen LogP contribution in [0.4, 0.5) is 4.39 Å². The molecule has 8 atom stereocenters. The van der Waals surface area contributed by atoms with E-state index in [9.17, 15) is 20.1 Å². The fraction of sp³-hybridized carbons (Fsp3) is 0.760. The van der Waals surface area contributed by atoms with E-state index in [-0.39, 0.29) is 12.3 Å². The Morgan fingerprint density at radius 2 is 2.06 bits per heavy atom. The Bertz CT molecular complexity index is 1010. The summed E-state index contributed by atoms with van der Waals surface area (Å²) < 4.78 is 19.4. The Morgan fingerprint density at radius 1 is 1.34 bits per heavy atom. The van der Waals surface area contributed by atoms with Gasteiger partial charge in [-0.2, -0.15) is 5.10 Å². The van der Waals surface area contributed by atoms with Crippen LogP contribution in [-0.4, -0.2) is 54.9 Å². The van der Waals surface area contributed by atoms with Gasteiger partial charge in [0, 0.05) is 23.3 Å². The molecule has 0 aliphatic heterocycles. The Balaban J connectivity index is 1.61. The zero-order valence-electron chi connectivity index (χ0n) is 19.4. The molecule has 6 nitrogen and oxygen atoms in total. The number of halogens is 1. The molecule has 4 aliphatic rings. The van der Waals surface area contributed by atoms with Gasteiger partial charge in [0.15, 0.2) is 5.78 Å². The molecule has 3 N–H and O–H groups in total. The maximum absolute atomic E-state index is 17.5. The molecular formula is C25H35FN2O4. The van der Waals surface area contributed by atoms with E-state index in [4.69, 9.17) is 0 Å². The molecule has 3 fully saturated rings. The Hall–Kier alpha value is -1.57. The van der Waals surface area contributed by atoms with Gasteiger partial charge in [0.2, 0.25) is 0 Å². The first-order valence-electron chi connectivity index (χ1n) is 12.0. The van der Waals surface area contributed by atoms with Gasteiger partial charge in [-0.3, -0.25) is 9.48 Å². The summed E-state index contributed by atoms with van der Waals surface area (Å²) in [6.07, 6.45) is 4.88. The molecule has 176 valence electrons. The number of aryl methyl sites for hydroxylation is 1. The number of rotatable bonds is 3. The lowest BCUT2D eigenvalue weighted by Gasteiger charge is -2.63. The number of allylic oxidation sites excluding steroid dienone is 1. The Kier molecular flexibility index (Phi) is 4.68. The van der Waals surface area contributed by atoms with Crippen molar-refractivity contribution in [1.82, 2.24) is 9.78 Å². The standard InChI is InChI=1S/C25H35FN2O4/c1-5-28-19-9-16-6-7-17-18-8-14(2)25(32,21(31)13-29)23(18,4)11-20(30)24(17,26)22(16,3)10-15(19)12-27-28/h9,12,14,17-18,20,29-30,32H,5-8,10-11,13H2,1-4H3/t14-,17+,18+,20+,22+,23+,24+,25+/m1/s1. The summed E-state index contributed by atoms with van der Waals surface area (Å²) in [5.74, 6) is -1.74. The molecule has 0 radical (unpaired) electrons. The molecule has 0 unspecified atom stereocenters. The number of hydrogen-bond donors (Lipinski definition) is 3. The lowest BCUT2D eigenvalue weighted by molar-refractivity contribution is -0.226. The average molecular weight is 447 g/mol. The second-order valence-electron chi connectivity index (χ2n) is 11.2. The van der Waals surface area contributed by atoms with Crippen molar-refractivity contribution in [2.24, 2.45) is 28.6 Å². The van der Waals surface area contributed by atoms with Gasteiger partial charge < -0.3 is 15.3 Å². The molecule has 0 aromatic carbocycles. The molecule has 4 aliphatic carbocycles. The van der Waals surface area contributed by atoms with Crippen molar-refractivity contribution in [1.29, 1.82) is 0 Å². The summed E-state index contributed by atoms with van der Waals surface area (Å²) in [6, 6.07) is 0. The van der Waals surface area contributed by atoms with Gasteiger partial charge in [-0.1, -0.05) is 26.3 Å². The first kappa shape index (κ1) is 22.2. The smallest absolute Gasteiger partial charge is 0.190 e. The lowest BCUT2D eigenvalue weighted by atomic mass is 9.43. The Labute approximate surface area is 188 Å². The first-order chi connectivity index (χ1) is 15.0. The molecule has 1 aromatic heterocycles.